The van der Waals surface area contributed by atoms with Crippen molar-refractivity contribution in [2.75, 3.05) is 6.54 Å². The summed E-state index contributed by atoms with van der Waals surface area (Å²) in [5.74, 6) is -2.08. The smallest absolute Gasteiger partial charge is 0.330 e. The average Bonchev–Trinajstić information content (AvgIpc) is 2.59. The Hall–Kier alpha value is -2.66. The molecule has 0 aliphatic heterocycles. The number of hydrogen-bond donors (Lipinski definition) is 4. The number of aliphatic carboxylic acids is 1. The Balaban J connectivity index is 2.54. The molecule has 1 aromatic carbocycles. The van der Waals surface area contributed by atoms with Crippen LogP contribution >= 0.6 is 0 Å². The van der Waals surface area contributed by atoms with Crippen molar-refractivity contribution in [2.45, 2.75) is 51.5 Å². The van der Waals surface area contributed by atoms with Crippen LogP contribution in [0.1, 0.15) is 39.2 Å². The summed E-state index contributed by atoms with van der Waals surface area (Å²) in [4.78, 5) is 31.7. The van der Waals surface area contributed by atoms with Crippen molar-refractivity contribution in [1.82, 2.24) is 10.2 Å². The van der Waals surface area contributed by atoms with E-state index < -0.39 is 33.4 Å². The number of guanidine groups is 1. The van der Waals surface area contributed by atoms with Crippen molar-refractivity contribution in [3.8, 4) is 0 Å². The lowest BCUT2D eigenvalue weighted by atomic mass is 9.98. The number of carbonyl (C=O) groups is 2. The molecule has 0 aromatic heterocycles. The van der Waals surface area contributed by atoms with E-state index in [9.17, 15) is 23.1 Å². The molecule has 162 valence electrons. The third-order valence-electron chi connectivity index (χ3n) is 3.71. The van der Waals surface area contributed by atoms with Crippen molar-refractivity contribution in [2.24, 2.45) is 16.1 Å². The highest BCUT2D eigenvalue weighted by molar-refractivity contribution is 7.90. The van der Waals surface area contributed by atoms with E-state index in [0.717, 1.165) is 5.56 Å². The van der Waals surface area contributed by atoms with Gasteiger partial charge in [0, 0.05) is 6.54 Å². The molecule has 0 spiro atoms. The van der Waals surface area contributed by atoms with Crippen LogP contribution in [0.25, 0.3) is 0 Å². The molecule has 1 atom stereocenters. The molecule has 0 saturated heterocycles. The van der Waals surface area contributed by atoms with Crippen LogP contribution in [0.3, 0.4) is 0 Å². The minimum Gasteiger partial charge on any atom is -0.480 e. The molecule has 0 heterocycles. The number of nitrogens with two attached hydrogens (primary N) is 1. The number of hydrogen-bond acceptors (Lipinski definition) is 7. The molecule has 0 radical (unpaired) electrons. The molecule has 29 heavy (non-hydrogen) atoms. The third-order valence-corrected chi connectivity index (χ3v) is 5.08. The maximum atomic E-state index is 12.2. The highest BCUT2D eigenvalue weighted by Crippen LogP contribution is 2.14. The van der Waals surface area contributed by atoms with Gasteiger partial charge in [0.2, 0.25) is 5.96 Å². The van der Waals surface area contributed by atoms with Crippen LogP contribution in [0.5, 0.6) is 0 Å². The van der Waals surface area contributed by atoms with Crippen LogP contribution in [0, 0.1) is 12.3 Å². The number of nitrogens with one attached hydrogen (secondary N) is 2. The SMILES string of the molecule is Cc1ccc(S(=O)(=O)NC(N)=NCCC[C@H](NOC(=O)C(C)(C)C)C(=O)O)cc1. The Morgan fingerprint density at radius 3 is 2.34 bits per heavy atom. The zero-order chi connectivity index (χ0) is 22.2. The Bertz CT molecular complexity index is 844. The Morgan fingerprint density at radius 1 is 1.24 bits per heavy atom. The molecule has 0 fully saturated rings. The second-order valence-corrected chi connectivity index (χ2v) is 9.16. The number of carboxylic acid groups (broad SMARTS) is 1. The van der Waals surface area contributed by atoms with Gasteiger partial charge in [0.1, 0.15) is 6.04 Å². The monoisotopic (exact) mass is 428 g/mol. The van der Waals surface area contributed by atoms with E-state index in [1.165, 1.54) is 12.1 Å². The van der Waals surface area contributed by atoms with Gasteiger partial charge in [-0.1, -0.05) is 17.7 Å². The zero-order valence-electron chi connectivity index (χ0n) is 16.9. The van der Waals surface area contributed by atoms with Crippen molar-refractivity contribution in [1.29, 1.82) is 0 Å². The number of aliphatic imine (C=N–C) groups is 1. The standard InChI is InChI=1S/C18H28N4O6S/c1-12-7-9-13(10-8-12)29(26,27)22-17(19)20-11-5-6-14(15(23)24)21-28-16(25)18(2,3)4/h7-10,14,21H,5-6,11H2,1-4H3,(H,23,24)(H3,19,20,22)/t14-/m0/s1. The molecule has 5 N–H and O–H groups in total. The van der Waals surface area contributed by atoms with Gasteiger partial charge in [-0.3, -0.25) is 9.79 Å². The van der Waals surface area contributed by atoms with Crippen LogP contribution in [-0.4, -0.2) is 44.0 Å². The lowest BCUT2D eigenvalue weighted by Crippen LogP contribution is -2.40. The highest BCUT2D eigenvalue weighted by Gasteiger charge is 2.26. The van der Waals surface area contributed by atoms with E-state index in [1.807, 2.05) is 6.92 Å². The summed E-state index contributed by atoms with van der Waals surface area (Å²) in [6.07, 6.45) is 0.359. The van der Waals surface area contributed by atoms with Crippen LogP contribution in [-0.2, 0) is 24.4 Å². The minimum atomic E-state index is -3.85. The van der Waals surface area contributed by atoms with Gasteiger partial charge in [-0.2, -0.15) is 0 Å². The summed E-state index contributed by atoms with van der Waals surface area (Å²) in [5, 5.41) is 9.19. The summed E-state index contributed by atoms with van der Waals surface area (Å²) in [6, 6.07) is 5.10. The van der Waals surface area contributed by atoms with E-state index in [1.54, 1.807) is 32.9 Å². The maximum absolute atomic E-state index is 12.2. The number of nitrogens with zero attached hydrogens (tertiary/aromatic N) is 1. The highest BCUT2D eigenvalue weighted by atomic mass is 32.2. The number of carbonyl (C=O) groups excluding carboxylic acids is 1. The molecule has 0 bridgehead atoms. The van der Waals surface area contributed by atoms with Gasteiger partial charge in [0.25, 0.3) is 10.0 Å². The number of carboxylic acids is 1. The molecule has 0 unspecified atom stereocenters. The fourth-order valence-electron chi connectivity index (χ4n) is 1.95. The van der Waals surface area contributed by atoms with Crippen molar-refractivity contribution >= 4 is 27.9 Å². The largest absolute Gasteiger partial charge is 0.480 e. The molecule has 0 aliphatic rings. The van der Waals surface area contributed by atoms with Gasteiger partial charge in [-0.05, 0) is 52.7 Å². The van der Waals surface area contributed by atoms with Crippen LogP contribution in [0.2, 0.25) is 0 Å². The van der Waals surface area contributed by atoms with Gasteiger partial charge in [-0.25, -0.2) is 17.9 Å². The second kappa shape index (κ2) is 10.2. The fourth-order valence-corrected chi connectivity index (χ4v) is 2.90. The summed E-state index contributed by atoms with van der Waals surface area (Å²) in [6.45, 7) is 6.84. The molecule has 0 amide bonds. The summed E-state index contributed by atoms with van der Waals surface area (Å²) in [5.41, 5.74) is 7.99. The molecule has 1 rings (SSSR count). The second-order valence-electron chi connectivity index (χ2n) is 7.48. The number of rotatable bonds is 9. The topological polar surface area (TPSA) is 160 Å². The normalized spacial score (nSPS) is 13.6. The van der Waals surface area contributed by atoms with Crippen LogP contribution in [0.15, 0.2) is 34.2 Å². The number of hydroxylamine groups is 1. The van der Waals surface area contributed by atoms with Gasteiger partial charge in [-0.15, -0.1) is 5.48 Å². The predicted molar refractivity (Wildman–Crippen MR) is 107 cm³/mol. The fraction of sp³-hybridized carbons (Fsp3) is 0.500. The van der Waals surface area contributed by atoms with Crippen LogP contribution in [0.4, 0.5) is 0 Å². The number of benzene rings is 1. The molecule has 0 aliphatic carbocycles. The first-order valence-corrected chi connectivity index (χ1v) is 10.4. The summed E-state index contributed by atoms with van der Waals surface area (Å²) >= 11 is 0. The summed E-state index contributed by atoms with van der Waals surface area (Å²) in [7, 11) is -3.85. The predicted octanol–water partition coefficient (Wildman–Crippen LogP) is 0.915. The lowest BCUT2D eigenvalue weighted by molar-refractivity contribution is -0.166. The van der Waals surface area contributed by atoms with E-state index in [-0.39, 0.29) is 30.2 Å². The van der Waals surface area contributed by atoms with Gasteiger partial charge in [0.05, 0.1) is 10.3 Å². The Morgan fingerprint density at radius 2 is 1.83 bits per heavy atom. The van der Waals surface area contributed by atoms with Crippen molar-refractivity contribution in [3.05, 3.63) is 29.8 Å². The van der Waals surface area contributed by atoms with Crippen molar-refractivity contribution in [3.63, 3.8) is 0 Å². The summed E-state index contributed by atoms with van der Waals surface area (Å²) < 4.78 is 26.6. The quantitative estimate of drug-likeness (QED) is 0.195. The molecule has 10 nitrogen and oxygen atoms in total. The van der Waals surface area contributed by atoms with Gasteiger partial charge >= 0.3 is 11.9 Å². The van der Waals surface area contributed by atoms with Crippen LogP contribution < -0.4 is 15.9 Å². The first-order valence-electron chi connectivity index (χ1n) is 8.92. The maximum Gasteiger partial charge on any atom is 0.330 e. The van der Waals surface area contributed by atoms with Gasteiger partial charge < -0.3 is 15.7 Å². The van der Waals surface area contributed by atoms with E-state index in [2.05, 4.69) is 15.2 Å². The average molecular weight is 429 g/mol. The molecule has 0 saturated carbocycles. The lowest BCUT2D eigenvalue weighted by Gasteiger charge is -2.19. The zero-order valence-corrected chi connectivity index (χ0v) is 17.7. The molecule has 11 heteroatoms. The van der Waals surface area contributed by atoms with E-state index >= 15 is 0 Å². The van der Waals surface area contributed by atoms with Gasteiger partial charge in [0.15, 0.2) is 0 Å². The Kier molecular flexibility index (Phi) is 8.59. The van der Waals surface area contributed by atoms with Crippen molar-refractivity contribution < 1.29 is 28.0 Å². The minimum absolute atomic E-state index is 0.0528. The number of sulfonamides is 1. The molecular weight excluding hydrogens is 400 g/mol. The third kappa shape index (κ3) is 8.48. The first-order chi connectivity index (χ1) is 13.3. The number of aryl methyl sites for hydroxylation is 1. The van der Waals surface area contributed by atoms with E-state index in [4.69, 9.17) is 10.6 Å². The Labute approximate surface area is 170 Å². The van der Waals surface area contributed by atoms with E-state index in [0.29, 0.717) is 0 Å². The molecule has 1 aromatic rings. The first kappa shape index (κ1) is 24.4. The molecular formula is C18H28N4O6S.